The van der Waals surface area contributed by atoms with Gasteiger partial charge in [-0.2, -0.15) is 0 Å². The lowest BCUT2D eigenvalue weighted by Gasteiger charge is -2.09. The number of carbonyl (C=O) groups is 4. The van der Waals surface area contributed by atoms with Crippen molar-refractivity contribution in [1.82, 2.24) is 0 Å². The van der Waals surface area contributed by atoms with Crippen molar-refractivity contribution >= 4 is 35.7 Å². The van der Waals surface area contributed by atoms with Crippen LogP contribution in [-0.4, -0.2) is 28.1 Å². The summed E-state index contributed by atoms with van der Waals surface area (Å²) in [6.07, 6.45) is 0. The van der Waals surface area contributed by atoms with E-state index in [9.17, 15) is 19.2 Å². The molecule has 0 radical (unpaired) electrons. The number of carboxylic acid groups (broad SMARTS) is 1. The van der Waals surface area contributed by atoms with E-state index < -0.39 is 23.0 Å². The van der Waals surface area contributed by atoms with Gasteiger partial charge in [-0.1, -0.05) is 0 Å². The summed E-state index contributed by atoms with van der Waals surface area (Å²) < 4.78 is 9.97. The molecule has 0 spiro atoms. The van der Waals surface area contributed by atoms with E-state index >= 15 is 0 Å². The Bertz CT molecular complexity index is 917. The van der Waals surface area contributed by atoms with Crippen LogP contribution >= 0.6 is 12.6 Å². The third-order valence-corrected chi connectivity index (χ3v) is 3.54. The highest BCUT2D eigenvalue weighted by molar-refractivity contribution is 7.97. The van der Waals surface area contributed by atoms with Gasteiger partial charge in [0.15, 0.2) is 0 Å². The maximum Gasteiger partial charge on any atom is 0.347 e. The predicted molar refractivity (Wildman–Crippen MR) is 83.0 cm³/mol. The van der Waals surface area contributed by atoms with Crippen LogP contribution in [0.5, 0.6) is 11.5 Å². The van der Waals surface area contributed by atoms with Gasteiger partial charge in [-0.3, -0.25) is 4.79 Å². The van der Waals surface area contributed by atoms with Gasteiger partial charge < -0.3 is 14.6 Å². The number of carbonyl (C=O) groups excluding carboxylic acids is 3. The molecule has 2 aromatic rings. The molecule has 1 aliphatic heterocycles. The summed E-state index contributed by atoms with van der Waals surface area (Å²) in [5.41, 5.74) is -0.128. The molecular formula is C16H8O7S. The molecule has 3 rings (SSSR count). The summed E-state index contributed by atoms with van der Waals surface area (Å²) in [7, 11) is 0. The molecule has 0 amide bonds. The smallest absolute Gasteiger partial charge is 0.347 e. The largest absolute Gasteiger partial charge is 0.478 e. The number of esters is 2. The average Bonchev–Trinajstić information content (AvgIpc) is 2.81. The lowest BCUT2D eigenvalue weighted by molar-refractivity contribution is 0.0443. The van der Waals surface area contributed by atoms with Crippen molar-refractivity contribution in [3.8, 4) is 11.5 Å². The van der Waals surface area contributed by atoms with Crippen LogP contribution in [0.4, 0.5) is 0 Å². The molecule has 0 aliphatic carbocycles. The summed E-state index contributed by atoms with van der Waals surface area (Å²) in [6, 6.07) is 7.98. The van der Waals surface area contributed by atoms with Crippen molar-refractivity contribution in [3.63, 3.8) is 0 Å². The Morgan fingerprint density at radius 3 is 2.21 bits per heavy atom. The lowest BCUT2D eigenvalue weighted by atomic mass is 10.1. The van der Waals surface area contributed by atoms with E-state index in [1.165, 1.54) is 36.4 Å². The van der Waals surface area contributed by atoms with Gasteiger partial charge >= 0.3 is 17.9 Å². The summed E-state index contributed by atoms with van der Waals surface area (Å²) >= 11 is 3.62. The van der Waals surface area contributed by atoms with Gasteiger partial charge in [-0.05, 0) is 36.4 Å². The number of rotatable bonds is 4. The number of thiol groups is 1. The van der Waals surface area contributed by atoms with Gasteiger partial charge in [0.05, 0.1) is 16.7 Å². The zero-order valence-electron chi connectivity index (χ0n) is 11.8. The highest BCUT2D eigenvalue weighted by Crippen LogP contribution is 2.29. The fraction of sp³-hybridized carbons (Fsp3) is 0. The van der Waals surface area contributed by atoms with Crippen LogP contribution in [0.3, 0.4) is 0 Å². The van der Waals surface area contributed by atoms with E-state index in [0.717, 1.165) is 0 Å². The first-order chi connectivity index (χ1) is 11.4. The van der Waals surface area contributed by atoms with Crippen molar-refractivity contribution < 1.29 is 33.8 Å². The Hall–Kier alpha value is -3.13. The van der Waals surface area contributed by atoms with Gasteiger partial charge in [-0.25, -0.2) is 14.4 Å². The molecule has 1 heterocycles. The molecule has 8 heteroatoms. The molecule has 2 aromatic carbocycles. The van der Waals surface area contributed by atoms with Gasteiger partial charge in [0.1, 0.15) is 11.5 Å². The van der Waals surface area contributed by atoms with Gasteiger partial charge in [-0.15, -0.1) is 12.6 Å². The minimum atomic E-state index is -1.30. The Morgan fingerprint density at radius 2 is 1.54 bits per heavy atom. The molecule has 0 saturated carbocycles. The second kappa shape index (κ2) is 5.82. The third-order valence-electron chi connectivity index (χ3n) is 3.30. The molecule has 1 aliphatic rings. The monoisotopic (exact) mass is 344 g/mol. The van der Waals surface area contributed by atoms with E-state index in [1.807, 2.05) is 0 Å². The molecule has 0 saturated heterocycles. The first kappa shape index (κ1) is 15.8. The Morgan fingerprint density at radius 1 is 0.917 bits per heavy atom. The summed E-state index contributed by atoms with van der Waals surface area (Å²) in [5.74, 6) is -2.46. The zero-order valence-corrected chi connectivity index (χ0v) is 12.7. The summed E-state index contributed by atoms with van der Waals surface area (Å²) in [5, 5.41) is 8.47. The molecule has 24 heavy (non-hydrogen) atoms. The van der Waals surface area contributed by atoms with Crippen LogP contribution in [0.2, 0.25) is 0 Å². The second-order valence-corrected chi connectivity index (χ2v) is 5.21. The first-order valence-electron chi connectivity index (χ1n) is 6.56. The van der Waals surface area contributed by atoms with Crippen LogP contribution in [0.15, 0.2) is 36.4 Å². The van der Waals surface area contributed by atoms with Gasteiger partial charge in [0.2, 0.25) is 5.12 Å². The third kappa shape index (κ3) is 2.74. The highest BCUT2D eigenvalue weighted by Gasteiger charge is 2.30. The maximum atomic E-state index is 11.5. The van der Waals surface area contributed by atoms with E-state index in [1.54, 1.807) is 0 Å². The van der Waals surface area contributed by atoms with E-state index in [4.69, 9.17) is 9.84 Å². The number of cyclic esters (lactones) is 2. The Kier molecular flexibility index (Phi) is 3.82. The molecule has 0 unspecified atom stereocenters. The van der Waals surface area contributed by atoms with E-state index in [-0.39, 0.29) is 33.8 Å². The molecule has 0 atom stereocenters. The molecule has 1 N–H and O–H groups in total. The van der Waals surface area contributed by atoms with E-state index in [0.29, 0.717) is 0 Å². The fourth-order valence-corrected chi connectivity index (χ4v) is 2.41. The van der Waals surface area contributed by atoms with Crippen LogP contribution < -0.4 is 4.74 Å². The molecule has 0 aromatic heterocycles. The van der Waals surface area contributed by atoms with Gasteiger partial charge in [0.25, 0.3) is 0 Å². The van der Waals surface area contributed by atoms with Gasteiger partial charge in [0, 0.05) is 5.56 Å². The SMILES string of the molecule is O=C(O)c1cc(Oc2ccc3c(c2)C(=O)OC3=O)ccc1C(=O)S. The summed E-state index contributed by atoms with van der Waals surface area (Å²) in [6.45, 7) is 0. The minimum absolute atomic E-state index is 0.0677. The highest BCUT2D eigenvalue weighted by atomic mass is 32.1. The number of fused-ring (bicyclic) bond motifs is 1. The minimum Gasteiger partial charge on any atom is -0.478 e. The normalized spacial score (nSPS) is 12.5. The number of carboxylic acids is 1. The van der Waals surface area contributed by atoms with Crippen molar-refractivity contribution in [2.75, 3.05) is 0 Å². The number of benzene rings is 2. The quantitative estimate of drug-likeness (QED) is 0.498. The first-order valence-corrected chi connectivity index (χ1v) is 7.00. The standard InChI is InChI=1S/C16H8O7S/c17-13(18)11-5-7(2-4-10(11)16(21)24)22-8-1-3-9-12(6-8)15(20)23-14(9)19/h1-6H,(H,17,18)(H,21,24). The molecule has 7 nitrogen and oxygen atoms in total. The molecular weight excluding hydrogens is 336 g/mol. The Labute approximate surface area is 140 Å². The Balaban J connectivity index is 1.95. The van der Waals surface area contributed by atoms with Crippen LogP contribution in [0, 0.1) is 0 Å². The van der Waals surface area contributed by atoms with Crippen LogP contribution in [0.1, 0.15) is 41.4 Å². The van der Waals surface area contributed by atoms with E-state index in [2.05, 4.69) is 17.4 Å². The van der Waals surface area contributed by atoms with Crippen molar-refractivity contribution in [1.29, 1.82) is 0 Å². The topological polar surface area (TPSA) is 107 Å². The predicted octanol–water partition coefficient (Wildman–Crippen LogP) is 2.56. The van der Waals surface area contributed by atoms with Crippen molar-refractivity contribution in [3.05, 3.63) is 58.7 Å². The van der Waals surface area contributed by atoms with Crippen molar-refractivity contribution in [2.24, 2.45) is 0 Å². The number of aromatic carboxylic acids is 1. The molecule has 120 valence electrons. The second-order valence-electron chi connectivity index (χ2n) is 4.80. The summed E-state index contributed by atoms with van der Waals surface area (Å²) in [4.78, 5) is 45.4. The maximum absolute atomic E-state index is 11.5. The average molecular weight is 344 g/mol. The molecule has 0 bridgehead atoms. The fourth-order valence-electron chi connectivity index (χ4n) is 2.21. The molecule has 0 fully saturated rings. The zero-order chi connectivity index (χ0) is 17.4. The van der Waals surface area contributed by atoms with Crippen molar-refractivity contribution in [2.45, 2.75) is 0 Å². The number of hydrogen-bond donors (Lipinski definition) is 2. The number of ether oxygens (including phenoxy) is 2. The number of hydrogen-bond acceptors (Lipinski definition) is 6. The van der Waals surface area contributed by atoms with Crippen LogP contribution in [-0.2, 0) is 4.74 Å². The van der Waals surface area contributed by atoms with Crippen LogP contribution in [0.25, 0.3) is 0 Å². The lowest BCUT2D eigenvalue weighted by Crippen LogP contribution is -2.05.